The number of amides is 1. The number of thiol groups is 1. The summed E-state index contributed by atoms with van der Waals surface area (Å²) in [4.78, 5) is 18.5. The van der Waals surface area contributed by atoms with E-state index in [0.717, 1.165) is 25.8 Å². The quantitative estimate of drug-likeness (QED) is 0.489. The molecule has 2 aliphatic rings. The van der Waals surface area contributed by atoms with E-state index in [9.17, 15) is 13.2 Å². The molecular weight excluding hydrogens is 438 g/mol. The van der Waals surface area contributed by atoms with Crippen molar-refractivity contribution >= 4 is 28.4 Å². The van der Waals surface area contributed by atoms with E-state index in [4.69, 9.17) is 16.3 Å². The van der Waals surface area contributed by atoms with Crippen LogP contribution in [0.5, 0.6) is 0 Å². The Morgan fingerprint density at radius 2 is 1.90 bits per heavy atom. The van der Waals surface area contributed by atoms with Crippen LogP contribution in [0.25, 0.3) is 0 Å². The van der Waals surface area contributed by atoms with E-state index in [-0.39, 0.29) is 30.7 Å². The maximum absolute atomic E-state index is 12.1. The summed E-state index contributed by atoms with van der Waals surface area (Å²) in [5.41, 5.74) is 1.19. The van der Waals surface area contributed by atoms with Gasteiger partial charge in [0, 0.05) is 49.3 Å². The maximum atomic E-state index is 12.1. The van der Waals surface area contributed by atoms with Crippen molar-refractivity contribution in [3.05, 3.63) is 47.5 Å². The van der Waals surface area contributed by atoms with Crippen molar-refractivity contribution in [2.45, 2.75) is 44.3 Å². The van der Waals surface area contributed by atoms with E-state index in [0.29, 0.717) is 30.7 Å². The highest BCUT2D eigenvalue weighted by molar-refractivity contribution is 7.72. The number of likely N-dealkylation sites (tertiary alicyclic amines) is 1. The molecule has 0 unspecified atom stereocenters. The fourth-order valence-electron chi connectivity index (χ4n) is 4.59. The third kappa shape index (κ3) is 6.68. The van der Waals surface area contributed by atoms with Crippen molar-refractivity contribution in [2.24, 2.45) is 0 Å². The molecule has 0 aliphatic carbocycles. The Morgan fingerprint density at radius 3 is 2.52 bits per heavy atom. The highest BCUT2D eigenvalue weighted by atomic mass is 35.5. The number of halogens is 1. The van der Waals surface area contributed by atoms with Gasteiger partial charge in [0.05, 0.1) is 5.88 Å². The highest BCUT2D eigenvalue weighted by Crippen LogP contribution is 2.27. The van der Waals surface area contributed by atoms with Gasteiger partial charge in [-0.15, -0.1) is 0 Å². The molecule has 0 aromatic heterocycles. The van der Waals surface area contributed by atoms with Crippen LogP contribution in [0.15, 0.2) is 36.9 Å². The van der Waals surface area contributed by atoms with Gasteiger partial charge < -0.3 is 9.64 Å². The summed E-state index contributed by atoms with van der Waals surface area (Å²) < 4.78 is 27.9. The number of nitrogens with zero attached hydrogens (tertiary/aromatic N) is 3. The first-order chi connectivity index (χ1) is 14.9. The van der Waals surface area contributed by atoms with E-state index >= 15 is 0 Å². The molecule has 2 atom stereocenters. The van der Waals surface area contributed by atoms with Crippen LogP contribution in [0.1, 0.15) is 25.3 Å². The standard InChI is InChI=1S/C22H32ClN3O4S/c1-3-12-30-22(27)24-10-8-20(9-11-24)26-14-17(2)25(16-31(28)29)15-21(26)13-18-4-6-19(23)7-5-18/h3-7,17,20-21,31H,1,8-16H2,2H3/t17-,21-/m0/s1. The first-order valence-electron chi connectivity index (χ1n) is 10.8. The molecule has 2 saturated heterocycles. The molecule has 31 heavy (non-hydrogen) atoms. The van der Waals surface area contributed by atoms with Crippen LogP contribution in [0, 0.1) is 0 Å². The number of rotatable bonds is 7. The van der Waals surface area contributed by atoms with Crippen molar-refractivity contribution in [1.82, 2.24) is 14.7 Å². The first-order valence-corrected chi connectivity index (χ1v) is 12.5. The molecule has 0 N–H and O–H groups in total. The molecule has 9 heteroatoms. The summed E-state index contributed by atoms with van der Waals surface area (Å²) in [6.45, 7) is 8.73. The monoisotopic (exact) mass is 469 g/mol. The molecule has 1 amide bonds. The number of benzene rings is 1. The van der Waals surface area contributed by atoms with Gasteiger partial charge in [0.1, 0.15) is 6.61 Å². The van der Waals surface area contributed by atoms with Crippen LogP contribution < -0.4 is 0 Å². The number of ether oxygens (including phenoxy) is 1. The summed E-state index contributed by atoms with van der Waals surface area (Å²) in [5.74, 6) is 0.0923. The van der Waals surface area contributed by atoms with Gasteiger partial charge in [0.2, 0.25) is 0 Å². The van der Waals surface area contributed by atoms with E-state index in [1.54, 1.807) is 11.0 Å². The number of carbonyl (C=O) groups is 1. The Balaban J connectivity index is 1.69. The third-order valence-corrected chi connectivity index (χ3v) is 7.06. The zero-order valence-corrected chi connectivity index (χ0v) is 19.6. The van der Waals surface area contributed by atoms with E-state index in [1.807, 2.05) is 24.3 Å². The minimum atomic E-state index is -2.46. The molecule has 2 aliphatic heterocycles. The van der Waals surface area contributed by atoms with Gasteiger partial charge in [-0.25, -0.2) is 13.2 Å². The second-order valence-electron chi connectivity index (χ2n) is 8.36. The van der Waals surface area contributed by atoms with Crippen LogP contribution in [-0.2, 0) is 21.9 Å². The first kappa shape index (κ1) is 24.0. The Labute approximate surface area is 191 Å². The molecule has 1 aromatic carbocycles. The molecule has 7 nitrogen and oxygen atoms in total. The third-order valence-electron chi connectivity index (χ3n) is 6.21. The van der Waals surface area contributed by atoms with Crippen molar-refractivity contribution in [3.8, 4) is 0 Å². The highest BCUT2D eigenvalue weighted by Gasteiger charge is 2.37. The number of hydrogen-bond donors (Lipinski definition) is 1. The van der Waals surface area contributed by atoms with Crippen LogP contribution >= 0.6 is 11.6 Å². The summed E-state index contributed by atoms with van der Waals surface area (Å²) in [5, 5.41) is 0.707. The molecule has 1 aromatic rings. The topological polar surface area (TPSA) is 70.2 Å². The zero-order chi connectivity index (χ0) is 22.4. The molecule has 2 fully saturated rings. The SMILES string of the molecule is C=CCOC(=O)N1CCC(N2C[C@H](C)N(C[SH](=O)=O)C[C@@H]2Cc2ccc(Cl)cc2)CC1. The summed E-state index contributed by atoms with van der Waals surface area (Å²) >= 11 is 6.04. The number of piperazine rings is 1. The van der Waals surface area contributed by atoms with Crippen molar-refractivity contribution in [1.29, 1.82) is 0 Å². The lowest BCUT2D eigenvalue weighted by atomic mass is 9.94. The van der Waals surface area contributed by atoms with Gasteiger partial charge in [0.25, 0.3) is 0 Å². The van der Waals surface area contributed by atoms with Crippen molar-refractivity contribution in [3.63, 3.8) is 0 Å². The molecule has 172 valence electrons. The van der Waals surface area contributed by atoms with Gasteiger partial charge in [-0.2, -0.15) is 0 Å². The molecule has 2 heterocycles. The summed E-state index contributed by atoms with van der Waals surface area (Å²) in [6.07, 6.45) is 3.87. The van der Waals surface area contributed by atoms with Crippen LogP contribution in [0.3, 0.4) is 0 Å². The van der Waals surface area contributed by atoms with Crippen LogP contribution in [0.2, 0.25) is 5.02 Å². The maximum Gasteiger partial charge on any atom is 0.410 e. The predicted octanol–water partition coefficient (Wildman–Crippen LogP) is 2.61. The van der Waals surface area contributed by atoms with Gasteiger partial charge in [-0.05, 0) is 43.9 Å². The second kappa shape index (κ2) is 11.3. The molecule has 0 radical (unpaired) electrons. The van der Waals surface area contributed by atoms with Gasteiger partial charge in [-0.1, -0.05) is 36.4 Å². The van der Waals surface area contributed by atoms with Crippen molar-refractivity contribution < 1.29 is 17.9 Å². The fraction of sp³-hybridized carbons (Fsp3) is 0.591. The normalized spacial score (nSPS) is 23.8. The minimum Gasteiger partial charge on any atom is -0.445 e. The Hall–Kier alpha value is -1.61. The molecule has 0 bridgehead atoms. The van der Waals surface area contributed by atoms with E-state index < -0.39 is 10.7 Å². The Bertz CT molecular complexity index is 817. The van der Waals surface area contributed by atoms with Gasteiger partial charge in [-0.3, -0.25) is 9.80 Å². The van der Waals surface area contributed by atoms with Gasteiger partial charge in [0.15, 0.2) is 10.7 Å². The second-order valence-corrected chi connectivity index (χ2v) is 9.74. The predicted molar refractivity (Wildman–Crippen MR) is 123 cm³/mol. The number of piperidine rings is 1. The largest absolute Gasteiger partial charge is 0.445 e. The van der Waals surface area contributed by atoms with Crippen LogP contribution in [-0.4, -0.2) is 86.0 Å². The fourth-order valence-corrected chi connectivity index (χ4v) is 5.41. The molecule has 0 spiro atoms. The lowest BCUT2D eigenvalue weighted by Gasteiger charge is -2.49. The van der Waals surface area contributed by atoms with Crippen LogP contribution in [0.4, 0.5) is 4.79 Å². The zero-order valence-electron chi connectivity index (χ0n) is 18.0. The van der Waals surface area contributed by atoms with Crippen molar-refractivity contribution in [2.75, 3.05) is 38.7 Å². The molecule has 0 saturated carbocycles. The summed E-state index contributed by atoms with van der Waals surface area (Å²) in [6, 6.07) is 8.58. The molecular formula is C22H32ClN3O4S. The lowest BCUT2D eigenvalue weighted by Crippen LogP contribution is -2.62. The molecule has 3 rings (SSSR count). The average Bonchev–Trinajstić information content (AvgIpc) is 2.75. The lowest BCUT2D eigenvalue weighted by molar-refractivity contribution is -0.00380. The average molecular weight is 470 g/mol. The number of carbonyl (C=O) groups excluding carboxylic acids is 1. The number of hydrogen-bond acceptors (Lipinski definition) is 6. The summed E-state index contributed by atoms with van der Waals surface area (Å²) in [7, 11) is -2.46. The van der Waals surface area contributed by atoms with E-state index in [2.05, 4.69) is 23.3 Å². The Morgan fingerprint density at radius 1 is 1.23 bits per heavy atom. The van der Waals surface area contributed by atoms with Gasteiger partial charge >= 0.3 is 6.09 Å². The van der Waals surface area contributed by atoms with E-state index in [1.165, 1.54) is 5.56 Å². The minimum absolute atomic E-state index is 0.0923. The Kier molecular flexibility index (Phi) is 8.77. The smallest absolute Gasteiger partial charge is 0.410 e.